The molecule has 10 heteroatoms. The van der Waals surface area contributed by atoms with E-state index in [0.717, 1.165) is 0 Å². The van der Waals surface area contributed by atoms with Crippen LogP contribution in [0.5, 0.6) is 0 Å². The van der Waals surface area contributed by atoms with Crippen molar-refractivity contribution in [2.45, 2.75) is 25.1 Å². The number of nitrogens with one attached hydrogen (secondary N) is 2. The van der Waals surface area contributed by atoms with Gasteiger partial charge in [0.1, 0.15) is 12.6 Å². The Morgan fingerprint density at radius 1 is 1.29 bits per heavy atom. The number of methoxy groups -OCH3 is 1. The molecule has 0 fully saturated rings. The summed E-state index contributed by atoms with van der Waals surface area (Å²) in [6.45, 7) is -1.52. The van der Waals surface area contributed by atoms with Gasteiger partial charge in [-0.05, 0) is 12.8 Å². The van der Waals surface area contributed by atoms with Gasteiger partial charge in [0.25, 0.3) is 0 Å². The fourth-order valence-electron chi connectivity index (χ4n) is 1.32. The van der Waals surface area contributed by atoms with E-state index in [-0.39, 0.29) is 19.6 Å². The Kier molecular flexibility index (Phi) is 9.46. The minimum absolute atomic E-state index is 0.160. The van der Waals surface area contributed by atoms with Crippen molar-refractivity contribution >= 4 is 12.0 Å². The predicted octanol–water partition coefficient (Wildman–Crippen LogP) is 0.744. The quantitative estimate of drug-likeness (QED) is 0.517. The Bertz CT molecular complexity index is 325. The molecule has 0 spiro atoms. The lowest BCUT2D eigenvalue weighted by Gasteiger charge is -2.15. The zero-order valence-electron chi connectivity index (χ0n) is 11.5. The molecule has 0 aliphatic carbocycles. The van der Waals surface area contributed by atoms with E-state index in [4.69, 9.17) is 9.84 Å². The van der Waals surface area contributed by atoms with E-state index in [2.05, 4.69) is 15.4 Å². The van der Waals surface area contributed by atoms with E-state index in [0.29, 0.717) is 13.0 Å². The first kappa shape index (κ1) is 19.4. The summed E-state index contributed by atoms with van der Waals surface area (Å²) >= 11 is 0. The fourth-order valence-corrected chi connectivity index (χ4v) is 1.32. The molecular weight excluding hydrogens is 297 g/mol. The zero-order chi connectivity index (χ0) is 16.3. The van der Waals surface area contributed by atoms with E-state index in [1.54, 1.807) is 0 Å². The van der Waals surface area contributed by atoms with Crippen molar-refractivity contribution in [1.29, 1.82) is 0 Å². The second-order valence-electron chi connectivity index (χ2n) is 4.09. The van der Waals surface area contributed by atoms with Gasteiger partial charge in [0.05, 0.1) is 6.61 Å². The number of carbonyl (C=O) groups is 2. The molecule has 0 aliphatic rings. The van der Waals surface area contributed by atoms with E-state index >= 15 is 0 Å². The van der Waals surface area contributed by atoms with Crippen LogP contribution in [0.3, 0.4) is 0 Å². The average molecular weight is 316 g/mol. The van der Waals surface area contributed by atoms with Gasteiger partial charge in [0, 0.05) is 20.3 Å². The number of halogens is 3. The van der Waals surface area contributed by atoms with Gasteiger partial charge in [0.15, 0.2) is 0 Å². The highest BCUT2D eigenvalue weighted by molar-refractivity contribution is 5.82. The molecule has 0 aromatic heterocycles. The third kappa shape index (κ3) is 11.9. The molecular formula is C11H19F3N2O5. The summed E-state index contributed by atoms with van der Waals surface area (Å²) in [5.41, 5.74) is 0. The van der Waals surface area contributed by atoms with Gasteiger partial charge in [-0.2, -0.15) is 13.2 Å². The third-order valence-electron chi connectivity index (χ3n) is 2.24. The molecule has 0 aromatic carbocycles. The van der Waals surface area contributed by atoms with Crippen molar-refractivity contribution < 1.29 is 37.3 Å². The van der Waals surface area contributed by atoms with Gasteiger partial charge in [-0.15, -0.1) is 0 Å². The molecule has 1 atom stereocenters. The molecule has 0 radical (unpaired) electrons. The summed E-state index contributed by atoms with van der Waals surface area (Å²) in [5, 5.41) is 13.3. The van der Waals surface area contributed by atoms with Gasteiger partial charge in [-0.25, -0.2) is 9.59 Å². The Labute approximate surface area is 119 Å². The average Bonchev–Trinajstić information content (AvgIpc) is 2.35. The molecule has 1 unspecified atom stereocenters. The molecule has 3 N–H and O–H groups in total. The number of alkyl halides is 3. The number of hydrogen-bond donors (Lipinski definition) is 3. The van der Waals surface area contributed by atoms with Crippen LogP contribution in [-0.2, 0) is 14.3 Å². The summed E-state index contributed by atoms with van der Waals surface area (Å²) < 4.78 is 44.3. The second kappa shape index (κ2) is 10.2. The Balaban J connectivity index is 3.85. The van der Waals surface area contributed by atoms with Crippen molar-refractivity contribution in [1.82, 2.24) is 10.6 Å². The lowest BCUT2D eigenvalue weighted by Crippen LogP contribution is -2.46. The standard InChI is InChI=1S/C11H19F3N2O5/c1-20-5-2-3-8(9(17)18)16-10(19)15-4-6-21-7-11(12,13)14/h8H,2-7H2,1H3,(H,17,18)(H2,15,16,19). The summed E-state index contributed by atoms with van der Waals surface area (Å²) in [5.74, 6) is -1.20. The first-order chi connectivity index (χ1) is 9.76. The first-order valence-electron chi connectivity index (χ1n) is 6.17. The smallest absolute Gasteiger partial charge is 0.411 e. The molecule has 2 amide bonds. The number of carbonyl (C=O) groups excluding carboxylic acids is 1. The van der Waals surface area contributed by atoms with E-state index in [9.17, 15) is 22.8 Å². The molecule has 0 heterocycles. The van der Waals surface area contributed by atoms with Crippen molar-refractivity contribution in [2.75, 3.05) is 33.5 Å². The van der Waals surface area contributed by atoms with Crippen LogP contribution in [0.15, 0.2) is 0 Å². The van der Waals surface area contributed by atoms with Crippen molar-refractivity contribution in [3.8, 4) is 0 Å². The summed E-state index contributed by atoms with van der Waals surface area (Å²) in [4.78, 5) is 22.2. The molecule has 0 saturated carbocycles. The largest absolute Gasteiger partial charge is 0.480 e. The highest BCUT2D eigenvalue weighted by Crippen LogP contribution is 2.13. The molecule has 124 valence electrons. The molecule has 7 nitrogen and oxygen atoms in total. The molecule has 0 bridgehead atoms. The summed E-state index contributed by atoms with van der Waals surface area (Å²) in [6, 6.07) is -1.87. The molecule has 21 heavy (non-hydrogen) atoms. The van der Waals surface area contributed by atoms with Gasteiger partial charge in [-0.1, -0.05) is 0 Å². The maximum atomic E-state index is 11.7. The number of hydrogen-bond acceptors (Lipinski definition) is 4. The van der Waals surface area contributed by atoms with Crippen LogP contribution < -0.4 is 10.6 Å². The lowest BCUT2D eigenvalue weighted by molar-refractivity contribution is -0.173. The maximum Gasteiger partial charge on any atom is 0.411 e. The highest BCUT2D eigenvalue weighted by atomic mass is 19.4. The van der Waals surface area contributed by atoms with Gasteiger partial charge in [0.2, 0.25) is 0 Å². The number of urea groups is 1. The van der Waals surface area contributed by atoms with Crippen molar-refractivity contribution in [3.05, 3.63) is 0 Å². The minimum Gasteiger partial charge on any atom is -0.480 e. The third-order valence-corrected chi connectivity index (χ3v) is 2.24. The molecule has 0 aromatic rings. The Hall–Kier alpha value is -1.55. The Morgan fingerprint density at radius 3 is 2.48 bits per heavy atom. The van der Waals surface area contributed by atoms with Crippen LogP contribution in [0.4, 0.5) is 18.0 Å². The maximum absolute atomic E-state index is 11.7. The zero-order valence-corrected chi connectivity index (χ0v) is 11.5. The molecule has 0 saturated heterocycles. The lowest BCUT2D eigenvalue weighted by atomic mass is 10.1. The number of rotatable bonds is 10. The second-order valence-corrected chi connectivity index (χ2v) is 4.09. The van der Waals surface area contributed by atoms with Gasteiger partial charge >= 0.3 is 18.2 Å². The SMILES string of the molecule is COCCCC(NC(=O)NCCOCC(F)(F)F)C(=O)O. The van der Waals surface area contributed by atoms with Crippen molar-refractivity contribution in [3.63, 3.8) is 0 Å². The van der Waals surface area contributed by atoms with Crippen LogP contribution in [0, 0.1) is 0 Å². The van der Waals surface area contributed by atoms with Crippen LogP contribution in [0.25, 0.3) is 0 Å². The van der Waals surface area contributed by atoms with Crippen LogP contribution in [-0.4, -0.2) is 62.8 Å². The number of carboxylic acid groups (broad SMARTS) is 1. The number of carboxylic acids is 1. The normalized spacial score (nSPS) is 12.8. The van der Waals surface area contributed by atoms with E-state index < -0.39 is 30.8 Å². The van der Waals surface area contributed by atoms with Crippen LogP contribution in [0.2, 0.25) is 0 Å². The summed E-state index contributed by atoms with van der Waals surface area (Å²) in [7, 11) is 1.47. The highest BCUT2D eigenvalue weighted by Gasteiger charge is 2.27. The van der Waals surface area contributed by atoms with E-state index in [1.165, 1.54) is 7.11 Å². The fraction of sp³-hybridized carbons (Fsp3) is 0.818. The number of aliphatic carboxylic acids is 1. The van der Waals surface area contributed by atoms with E-state index in [1.807, 2.05) is 0 Å². The van der Waals surface area contributed by atoms with Gasteiger partial charge < -0.3 is 25.2 Å². The van der Waals surface area contributed by atoms with Crippen LogP contribution in [0.1, 0.15) is 12.8 Å². The van der Waals surface area contributed by atoms with Crippen molar-refractivity contribution in [2.24, 2.45) is 0 Å². The monoisotopic (exact) mass is 316 g/mol. The predicted molar refractivity (Wildman–Crippen MR) is 65.9 cm³/mol. The Morgan fingerprint density at radius 2 is 1.95 bits per heavy atom. The first-order valence-corrected chi connectivity index (χ1v) is 6.17. The molecule has 0 rings (SSSR count). The summed E-state index contributed by atoms with van der Waals surface area (Å²) in [6.07, 6.45) is -3.79. The number of ether oxygens (including phenoxy) is 2. The topological polar surface area (TPSA) is 96.9 Å². The van der Waals surface area contributed by atoms with Crippen LogP contribution >= 0.6 is 0 Å². The number of amides is 2. The molecule has 0 aliphatic heterocycles. The van der Waals surface area contributed by atoms with Gasteiger partial charge in [-0.3, -0.25) is 0 Å². The minimum atomic E-state index is -4.42.